The third kappa shape index (κ3) is 6.13. The van der Waals surface area contributed by atoms with Crippen LogP contribution in [0.2, 0.25) is 0 Å². The number of hydrogen-bond acceptors (Lipinski definition) is 3. The quantitative estimate of drug-likeness (QED) is 0.791. The molecule has 0 bridgehead atoms. The fraction of sp³-hybridized carbons (Fsp3) is 0.938. The number of carbonyl (C=O) groups is 1. The highest BCUT2D eigenvalue weighted by Crippen LogP contribution is 2.26. The molecule has 2 N–H and O–H groups in total. The summed E-state index contributed by atoms with van der Waals surface area (Å²) in [5, 5.41) is 6.45. The average Bonchev–Trinajstić information content (AvgIpc) is 2.95. The zero-order valence-electron chi connectivity index (χ0n) is 13.4. The first-order valence-corrected chi connectivity index (χ1v) is 8.35. The molecule has 4 unspecified atom stereocenters. The Morgan fingerprint density at radius 3 is 2.76 bits per heavy atom. The molecule has 1 aliphatic heterocycles. The molecule has 2 fully saturated rings. The molecule has 0 aromatic rings. The van der Waals surface area contributed by atoms with Gasteiger partial charge < -0.3 is 15.4 Å². The van der Waals surface area contributed by atoms with Gasteiger partial charge in [-0.15, -0.1) is 12.4 Å². The lowest BCUT2D eigenvalue weighted by atomic mass is 9.88. The summed E-state index contributed by atoms with van der Waals surface area (Å²) in [5.41, 5.74) is 0. The second-order valence-corrected chi connectivity index (χ2v) is 6.47. The summed E-state index contributed by atoms with van der Waals surface area (Å²) in [6.07, 6.45) is 7.89. The van der Waals surface area contributed by atoms with Crippen LogP contribution in [0.3, 0.4) is 0 Å². The van der Waals surface area contributed by atoms with E-state index in [1.807, 2.05) is 6.92 Å². The molecule has 5 heteroatoms. The van der Waals surface area contributed by atoms with Crippen molar-refractivity contribution in [1.29, 1.82) is 0 Å². The molecule has 1 saturated carbocycles. The third-order valence-corrected chi connectivity index (χ3v) is 4.59. The lowest BCUT2D eigenvalue weighted by Gasteiger charge is -2.30. The molecule has 4 nitrogen and oxygen atoms in total. The maximum atomic E-state index is 12.2. The number of hydrogen-bond donors (Lipinski definition) is 2. The van der Waals surface area contributed by atoms with Crippen LogP contribution in [0.15, 0.2) is 0 Å². The second kappa shape index (κ2) is 9.65. The number of carbonyl (C=O) groups excluding carboxylic acids is 1. The van der Waals surface area contributed by atoms with Gasteiger partial charge in [0, 0.05) is 12.6 Å². The van der Waals surface area contributed by atoms with Gasteiger partial charge >= 0.3 is 0 Å². The van der Waals surface area contributed by atoms with Crippen LogP contribution in [0.25, 0.3) is 0 Å². The van der Waals surface area contributed by atoms with Crippen LogP contribution in [0.4, 0.5) is 0 Å². The first kappa shape index (κ1) is 18.7. The molecule has 4 atom stereocenters. The molecule has 0 spiro atoms. The van der Waals surface area contributed by atoms with Crippen molar-refractivity contribution < 1.29 is 9.53 Å². The standard InChI is InChI=1S/C16H30N2O2.ClH/c1-3-15(20-14-8-4-6-12(2)10-14)16(19)18-11-13-7-5-9-17-13;/h12-15,17H,3-11H2,1-2H3,(H,18,19);1H. The first-order chi connectivity index (χ1) is 9.69. The van der Waals surface area contributed by atoms with Crippen molar-refractivity contribution >= 4 is 18.3 Å². The van der Waals surface area contributed by atoms with Crippen LogP contribution in [0.1, 0.15) is 58.8 Å². The van der Waals surface area contributed by atoms with Gasteiger partial charge in [0.15, 0.2) is 0 Å². The largest absolute Gasteiger partial charge is 0.365 e. The maximum absolute atomic E-state index is 12.2. The van der Waals surface area contributed by atoms with Crippen LogP contribution < -0.4 is 10.6 Å². The van der Waals surface area contributed by atoms with Gasteiger partial charge in [-0.2, -0.15) is 0 Å². The summed E-state index contributed by atoms with van der Waals surface area (Å²) in [6.45, 7) is 6.13. The minimum Gasteiger partial charge on any atom is -0.365 e. The third-order valence-electron chi connectivity index (χ3n) is 4.59. The Morgan fingerprint density at radius 2 is 2.14 bits per heavy atom. The summed E-state index contributed by atoms with van der Waals surface area (Å²) in [4.78, 5) is 12.2. The van der Waals surface area contributed by atoms with Crippen LogP contribution in [-0.2, 0) is 9.53 Å². The summed E-state index contributed by atoms with van der Waals surface area (Å²) >= 11 is 0. The topological polar surface area (TPSA) is 50.4 Å². The Hall–Kier alpha value is -0.320. The Balaban J connectivity index is 0.00000220. The molecule has 2 aliphatic rings. The van der Waals surface area contributed by atoms with E-state index < -0.39 is 0 Å². The fourth-order valence-electron chi connectivity index (χ4n) is 3.35. The van der Waals surface area contributed by atoms with E-state index in [1.165, 1.54) is 19.3 Å². The van der Waals surface area contributed by atoms with E-state index in [2.05, 4.69) is 17.6 Å². The lowest BCUT2D eigenvalue weighted by molar-refractivity contribution is -0.139. The predicted molar refractivity (Wildman–Crippen MR) is 87.9 cm³/mol. The number of halogens is 1. The molecular weight excluding hydrogens is 288 g/mol. The van der Waals surface area contributed by atoms with Crippen molar-refractivity contribution in [2.45, 2.75) is 77.0 Å². The average molecular weight is 319 g/mol. The van der Waals surface area contributed by atoms with Crippen molar-refractivity contribution in [2.75, 3.05) is 13.1 Å². The number of amides is 1. The van der Waals surface area contributed by atoms with Crippen molar-refractivity contribution in [2.24, 2.45) is 5.92 Å². The molecule has 1 heterocycles. The van der Waals surface area contributed by atoms with Crippen LogP contribution in [0.5, 0.6) is 0 Å². The SMILES string of the molecule is CCC(OC1CCCC(C)C1)C(=O)NCC1CCCN1.Cl. The number of nitrogens with one attached hydrogen (secondary N) is 2. The number of ether oxygens (including phenoxy) is 1. The Bertz CT molecular complexity index is 309. The molecule has 124 valence electrons. The summed E-state index contributed by atoms with van der Waals surface area (Å²) in [5.74, 6) is 0.802. The van der Waals surface area contributed by atoms with Gasteiger partial charge in [0.2, 0.25) is 5.91 Å². The van der Waals surface area contributed by atoms with Crippen LogP contribution >= 0.6 is 12.4 Å². The molecule has 2 rings (SSSR count). The zero-order chi connectivity index (χ0) is 14.4. The summed E-state index contributed by atoms with van der Waals surface area (Å²) in [6, 6.07) is 0.450. The Morgan fingerprint density at radius 1 is 1.33 bits per heavy atom. The lowest BCUT2D eigenvalue weighted by Crippen LogP contribution is -2.44. The monoisotopic (exact) mass is 318 g/mol. The van der Waals surface area contributed by atoms with E-state index in [1.54, 1.807) is 0 Å². The van der Waals surface area contributed by atoms with Gasteiger partial charge in [0.25, 0.3) is 0 Å². The zero-order valence-corrected chi connectivity index (χ0v) is 14.2. The van der Waals surface area contributed by atoms with Gasteiger partial charge in [-0.1, -0.05) is 26.7 Å². The highest BCUT2D eigenvalue weighted by Gasteiger charge is 2.26. The van der Waals surface area contributed by atoms with E-state index in [9.17, 15) is 4.79 Å². The smallest absolute Gasteiger partial charge is 0.249 e. The van der Waals surface area contributed by atoms with Gasteiger partial charge in [0.1, 0.15) is 6.10 Å². The fourth-order valence-corrected chi connectivity index (χ4v) is 3.35. The molecule has 21 heavy (non-hydrogen) atoms. The second-order valence-electron chi connectivity index (χ2n) is 6.47. The molecule has 0 aromatic carbocycles. The molecule has 0 aromatic heterocycles. The normalized spacial score (nSPS) is 30.5. The highest BCUT2D eigenvalue weighted by molar-refractivity contribution is 5.85. The molecule has 1 saturated heterocycles. The van der Waals surface area contributed by atoms with Crippen molar-refractivity contribution in [3.8, 4) is 0 Å². The van der Waals surface area contributed by atoms with Crippen LogP contribution in [0, 0.1) is 5.92 Å². The van der Waals surface area contributed by atoms with E-state index in [0.717, 1.165) is 44.7 Å². The van der Waals surface area contributed by atoms with Gasteiger partial charge in [-0.05, 0) is 44.6 Å². The number of rotatable bonds is 6. The summed E-state index contributed by atoms with van der Waals surface area (Å²) in [7, 11) is 0. The molecule has 1 amide bonds. The van der Waals surface area contributed by atoms with Gasteiger partial charge in [-0.25, -0.2) is 0 Å². The molecule has 1 aliphatic carbocycles. The highest BCUT2D eigenvalue weighted by atomic mass is 35.5. The minimum absolute atomic E-state index is 0. The first-order valence-electron chi connectivity index (χ1n) is 8.35. The Kier molecular flexibility index (Phi) is 8.60. The minimum atomic E-state index is -0.272. The van der Waals surface area contributed by atoms with Gasteiger partial charge in [0.05, 0.1) is 6.10 Å². The Labute approximate surface area is 135 Å². The summed E-state index contributed by atoms with van der Waals surface area (Å²) < 4.78 is 6.06. The van der Waals surface area contributed by atoms with Crippen molar-refractivity contribution in [3.63, 3.8) is 0 Å². The van der Waals surface area contributed by atoms with E-state index in [4.69, 9.17) is 4.74 Å². The van der Waals surface area contributed by atoms with Crippen molar-refractivity contribution in [3.05, 3.63) is 0 Å². The predicted octanol–water partition coefficient (Wildman–Crippen LogP) is 2.65. The van der Waals surface area contributed by atoms with Crippen molar-refractivity contribution in [1.82, 2.24) is 10.6 Å². The molecule has 0 radical (unpaired) electrons. The van der Waals surface area contributed by atoms with E-state index >= 15 is 0 Å². The maximum Gasteiger partial charge on any atom is 0.249 e. The van der Waals surface area contributed by atoms with E-state index in [-0.39, 0.29) is 30.5 Å². The molecular formula is C16H31ClN2O2. The van der Waals surface area contributed by atoms with Gasteiger partial charge in [-0.3, -0.25) is 4.79 Å². The van der Waals surface area contributed by atoms with E-state index in [0.29, 0.717) is 6.04 Å². The van der Waals surface area contributed by atoms with Crippen LogP contribution in [-0.4, -0.2) is 37.2 Å².